The van der Waals surface area contributed by atoms with Crippen LogP contribution < -0.4 is 5.32 Å². The summed E-state index contributed by atoms with van der Waals surface area (Å²) < 4.78 is 0. The lowest BCUT2D eigenvalue weighted by Gasteiger charge is -2.26. The largest absolute Gasteiger partial charge is 0.317 e. The quantitative estimate of drug-likeness (QED) is 0.682. The molecule has 1 aliphatic rings. The van der Waals surface area contributed by atoms with Crippen LogP contribution in [0.15, 0.2) is 0 Å². The monoisotopic (exact) mass is 239 g/mol. The molecule has 0 heterocycles. The highest BCUT2D eigenvalue weighted by Crippen LogP contribution is 2.29. The molecule has 1 saturated carbocycles. The third kappa shape index (κ3) is 7.08. The Hall–Kier alpha value is -0.0400. The summed E-state index contributed by atoms with van der Waals surface area (Å²) in [5.41, 5.74) is 0.485. The molecular weight excluding hydrogens is 206 g/mol. The van der Waals surface area contributed by atoms with Gasteiger partial charge in [0.05, 0.1) is 0 Å². The van der Waals surface area contributed by atoms with Crippen LogP contribution in [-0.2, 0) is 0 Å². The highest BCUT2D eigenvalue weighted by Gasteiger charge is 2.19. The van der Waals surface area contributed by atoms with Crippen molar-refractivity contribution in [1.82, 2.24) is 5.32 Å². The Morgan fingerprint density at radius 2 is 1.65 bits per heavy atom. The highest BCUT2D eigenvalue weighted by atomic mass is 14.9. The van der Waals surface area contributed by atoms with Crippen LogP contribution in [0.1, 0.15) is 78.6 Å². The predicted octanol–water partition coefficient (Wildman–Crippen LogP) is 4.76. The zero-order valence-corrected chi connectivity index (χ0v) is 12.5. The van der Waals surface area contributed by atoms with Gasteiger partial charge in [-0.25, -0.2) is 0 Å². The number of nitrogens with one attached hydrogen (secondary N) is 1. The zero-order chi connectivity index (χ0) is 12.7. The van der Waals surface area contributed by atoms with Gasteiger partial charge in [0.15, 0.2) is 0 Å². The van der Waals surface area contributed by atoms with E-state index in [1.807, 2.05) is 0 Å². The van der Waals surface area contributed by atoms with Crippen LogP contribution in [0.25, 0.3) is 0 Å². The first-order valence-electron chi connectivity index (χ1n) is 7.68. The molecule has 1 N–H and O–H groups in total. The van der Waals surface area contributed by atoms with E-state index in [1.165, 1.54) is 57.8 Å². The van der Waals surface area contributed by atoms with Crippen LogP contribution in [0, 0.1) is 11.3 Å². The van der Waals surface area contributed by atoms with E-state index in [2.05, 4.69) is 33.1 Å². The van der Waals surface area contributed by atoms with Gasteiger partial charge in [-0.2, -0.15) is 0 Å². The third-order valence-electron chi connectivity index (χ3n) is 4.24. The summed E-state index contributed by atoms with van der Waals surface area (Å²) in [4.78, 5) is 0. The van der Waals surface area contributed by atoms with Crippen LogP contribution in [-0.4, -0.2) is 13.1 Å². The summed E-state index contributed by atoms with van der Waals surface area (Å²) in [6.07, 6.45) is 12.9. The summed E-state index contributed by atoms with van der Waals surface area (Å²) in [5, 5.41) is 3.54. The molecule has 0 radical (unpaired) electrons. The fourth-order valence-electron chi connectivity index (χ4n) is 2.99. The SMILES string of the molecule is CNC(CCC(C)(C)C)CC1CCCCCC1. The second kappa shape index (κ2) is 7.41. The molecule has 0 amide bonds. The maximum atomic E-state index is 3.54. The summed E-state index contributed by atoms with van der Waals surface area (Å²) in [7, 11) is 2.14. The van der Waals surface area contributed by atoms with Crippen LogP contribution in [0.3, 0.4) is 0 Å². The van der Waals surface area contributed by atoms with E-state index < -0.39 is 0 Å². The van der Waals surface area contributed by atoms with Crippen molar-refractivity contribution >= 4 is 0 Å². The topological polar surface area (TPSA) is 12.0 Å². The van der Waals surface area contributed by atoms with Gasteiger partial charge < -0.3 is 5.32 Å². The second-order valence-electron chi connectivity index (χ2n) is 7.18. The number of hydrogen-bond acceptors (Lipinski definition) is 1. The number of hydrogen-bond donors (Lipinski definition) is 1. The average molecular weight is 239 g/mol. The Kier molecular flexibility index (Phi) is 6.54. The van der Waals surface area contributed by atoms with Crippen molar-refractivity contribution in [2.24, 2.45) is 11.3 Å². The first-order chi connectivity index (χ1) is 8.01. The van der Waals surface area contributed by atoms with E-state index in [0.29, 0.717) is 5.41 Å². The lowest BCUT2D eigenvalue weighted by atomic mass is 9.85. The second-order valence-corrected chi connectivity index (χ2v) is 7.18. The highest BCUT2D eigenvalue weighted by molar-refractivity contribution is 4.75. The summed E-state index contributed by atoms with van der Waals surface area (Å²) in [6.45, 7) is 7.06. The third-order valence-corrected chi connectivity index (χ3v) is 4.24. The summed E-state index contributed by atoms with van der Waals surface area (Å²) >= 11 is 0. The van der Waals surface area contributed by atoms with Crippen LogP contribution >= 0.6 is 0 Å². The molecule has 0 aromatic heterocycles. The molecule has 1 aliphatic carbocycles. The smallest absolute Gasteiger partial charge is 0.00669 e. The van der Waals surface area contributed by atoms with Gasteiger partial charge in [-0.3, -0.25) is 0 Å². The molecule has 0 aromatic carbocycles. The van der Waals surface area contributed by atoms with Crippen molar-refractivity contribution < 1.29 is 0 Å². The normalized spacial score (nSPS) is 21.2. The summed E-state index contributed by atoms with van der Waals surface area (Å²) in [6, 6.07) is 0.748. The molecule has 1 unspecified atom stereocenters. The van der Waals surface area contributed by atoms with E-state index in [1.54, 1.807) is 0 Å². The van der Waals surface area contributed by atoms with E-state index in [0.717, 1.165) is 12.0 Å². The van der Waals surface area contributed by atoms with Gasteiger partial charge >= 0.3 is 0 Å². The fourth-order valence-corrected chi connectivity index (χ4v) is 2.99. The molecule has 0 aliphatic heterocycles. The molecule has 0 aromatic rings. The Morgan fingerprint density at radius 1 is 1.06 bits per heavy atom. The molecule has 1 nitrogen and oxygen atoms in total. The molecule has 1 fully saturated rings. The van der Waals surface area contributed by atoms with Crippen molar-refractivity contribution in [2.75, 3.05) is 7.05 Å². The lowest BCUT2D eigenvalue weighted by molar-refractivity contribution is 0.296. The van der Waals surface area contributed by atoms with E-state index in [4.69, 9.17) is 0 Å². The minimum Gasteiger partial charge on any atom is -0.317 e. The fraction of sp³-hybridized carbons (Fsp3) is 1.00. The van der Waals surface area contributed by atoms with E-state index in [9.17, 15) is 0 Å². The first kappa shape index (κ1) is 15.0. The van der Waals surface area contributed by atoms with Gasteiger partial charge in [0, 0.05) is 6.04 Å². The minimum atomic E-state index is 0.485. The molecule has 1 heteroatoms. The maximum Gasteiger partial charge on any atom is 0.00669 e. The Balaban J connectivity index is 2.29. The van der Waals surface area contributed by atoms with Crippen molar-refractivity contribution in [1.29, 1.82) is 0 Å². The minimum absolute atomic E-state index is 0.485. The molecule has 0 saturated heterocycles. The van der Waals surface area contributed by atoms with E-state index in [-0.39, 0.29) is 0 Å². The van der Waals surface area contributed by atoms with Crippen LogP contribution in [0.5, 0.6) is 0 Å². The van der Waals surface area contributed by atoms with Gasteiger partial charge in [-0.05, 0) is 37.6 Å². The van der Waals surface area contributed by atoms with Gasteiger partial charge in [-0.1, -0.05) is 59.3 Å². The van der Waals surface area contributed by atoms with E-state index >= 15 is 0 Å². The molecule has 0 bridgehead atoms. The van der Waals surface area contributed by atoms with Gasteiger partial charge in [-0.15, -0.1) is 0 Å². The van der Waals surface area contributed by atoms with Gasteiger partial charge in [0.1, 0.15) is 0 Å². The summed E-state index contributed by atoms with van der Waals surface area (Å²) in [5.74, 6) is 0.995. The van der Waals surface area contributed by atoms with Crippen LogP contribution in [0.4, 0.5) is 0 Å². The molecule has 17 heavy (non-hydrogen) atoms. The van der Waals surface area contributed by atoms with Crippen LogP contribution in [0.2, 0.25) is 0 Å². The molecule has 1 rings (SSSR count). The number of rotatable bonds is 5. The van der Waals surface area contributed by atoms with Crippen molar-refractivity contribution in [2.45, 2.75) is 84.6 Å². The molecular formula is C16H33N. The molecule has 0 spiro atoms. The maximum absolute atomic E-state index is 3.54. The molecule has 1 atom stereocenters. The standard InChI is InChI=1S/C16H33N/c1-16(2,3)12-11-15(17-4)13-14-9-7-5-6-8-10-14/h14-15,17H,5-13H2,1-4H3. The van der Waals surface area contributed by atoms with Crippen molar-refractivity contribution in [3.63, 3.8) is 0 Å². The lowest BCUT2D eigenvalue weighted by Crippen LogP contribution is -2.29. The average Bonchev–Trinajstić information content (AvgIpc) is 2.51. The van der Waals surface area contributed by atoms with Crippen molar-refractivity contribution in [3.05, 3.63) is 0 Å². The molecule has 102 valence electrons. The Labute approximate surface area is 109 Å². The van der Waals surface area contributed by atoms with Gasteiger partial charge in [0.25, 0.3) is 0 Å². The van der Waals surface area contributed by atoms with Gasteiger partial charge in [0.2, 0.25) is 0 Å². The predicted molar refractivity (Wildman–Crippen MR) is 77.3 cm³/mol. The Bertz CT molecular complexity index is 184. The first-order valence-corrected chi connectivity index (χ1v) is 7.68. The Morgan fingerprint density at radius 3 is 2.12 bits per heavy atom. The zero-order valence-electron chi connectivity index (χ0n) is 12.5. The van der Waals surface area contributed by atoms with Crippen molar-refractivity contribution in [3.8, 4) is 0 Å².